The molecule has 0 aliphatic rings. The minimum Gasteiger partial charge on any atom is -0.497 e. The van der Waals surface area contributed by atoms with Gasteiger partial charge >= 0.3 is 0 Å². The molecule has 0 fully saturated rings. The number of nitrogens with one attached hydrogen (secondary N) is 1. The van der Waals surface area contributed by atoms with E-state index in [1.54, 1.807) is 31.4 Å². The van der Waals surface area contributed by atoms with Gasteiger partial charge in [0, 0.05) is 10.9 Å². The van der Waals surface area contributed by atoms with Crippen molar-refractivity contribution in [1.29, 1.82) is 0 Å². The molecule has 3 rings (SSSR count). The molecule has 23 heavy (non-hydrogen) atoms. The number of methoxy groups -OCH3 is 1. The lowest BCUT2D eigenvalue weighted by molar-refractivity contribution is 0.414. The second kappa shape index (κ2) is 5.74. The number of aromatic nitrogens is 1. The number of sulfone groups is 1. The summed E-state index contributed by atoms with van der Waals surface area (Å²) in [5, 5.41) is 1.23. The molecule has 0 saturated carbocycles. The first-order valence-corrected chi connectivity index (χ1v) is 8.93. The van der Waals surface area contributed by atoms with E-state index in [2.05, 4.69) is 4.98 Å². The lowest BCUT2D eigenvalue weighted by Crippen LogP contribution is -2.06. The molecule has 0 atom stereocenters. The fourth-order valence-electron chi connectivity index (χ4n) is 2.80. The topological polar surface area (TPSA) is 59.2 Å². The second-order valence-electron chi connectivity index (χ2n) is 5.75. The average Bonchev–Trinajstić information content (AvgIpc) is 2.95. The Kier molecular flexibility index (Phi) is 3.90. The second-order valence-corrected chi connectivity index (χ2v) is 7.63. The number of H-pyrrole nitrogens is 1. The van der Waals surface area contributed by atoms with Crippen molar-refractivity contribution in [3.8, 4) is 5.75 Å². The van der Waals surface area contributed by atoms with Crippen LogP contribution in [0.2, 0.25) is 0 Å². The van der Waals surface area contributed by atoms with Crippen LogP contribution in [0.15, 0.2) is 58.5 Å². The Balaban J connectivity index is 2.23. The van der Waals surface area contributed by atoms with Gasteiger partial charge in [0.25, 0.3) is 0 Å². The number of ether oxygens (including phenoxy) is 1. The Morgan fingerprint density at radius 1 is 1.00 bits per heavy atom. The molecule has 3 aromatic rings. The zero-order chi connectivity index (χ0) is 16.6. The van der Waals surface area contributed by atoms with Crippen molar-refractivity contribution in [2.24, 2.45) is 0 Å². The first kappa shape index (κ1) is 15.6. The van der Waals surface area contributed by atoms with Crippen LogP contribution >= 0.6 is 0 Å². The summed E-state index contributed by atoms with van der Waals surface area (Å²) in [6.45, 7) is 4.01. The zero-order valence-electron chi connectivity index (χ0n) is 13.3. The molecule has 0 saturated heterocycles. The molecule has 0 amide bonds. The Hall–Kier alpha value is -2.27. The van der Waals surface area contributed by atoms with Crippen LogP contribution in [0.5, 0.6) is 5.75 Å². The minimum absolute atomic E-state index is 0.0918. The van der Waals surface area contributed by atoms with Crippen LogP contribution in [0.1, 0.15) is 25.3 Å². The fourth-order valence-corrected chi connectivity index (χ4v) is 4.41. The molecule has 5 heteroatoms. The maximum Gasteiger partial charge on any atom is 0.222 e. The van der Waals surface area contributed by atoms with Gasteiger partial charge in [-0.15, -0.1) is 0 Å². The molecular weight excluding hydrogens is 310 g/mol. The summed E-state index contributed by atoms with van der Waals surface area (Å²) in [6.07, 6.45) is 0. The van der Waals surface area contributed by atoms with E-state index >= 15 is 0 Å². The van der Waals surface area contributed by atoms with Crippen molar-refractivity contribution in [3.05, 3.63) is 54.1 Å². The summed E-state index contributed by atoms with van der Waals surface area (Å²) in [5.74, 6) is 0.721. The number of fused-ring (bicyclic) bond motifs is 1. The highest BCUT2D eigenvalue weighted by Gasteiger charge is 2.26. The summed E-state index contributed by atoms with van der Waals surface area (Å²) in [7, 11) is -2.06. The summed E-state index contributed by atoms with van der Waals surface area (Å²) in [4.78, 5) is 3.35. The third-order valence-electron chi connectivity index (χ3n) is 3.93. The molecule has 0 radical (unpaired) electrons. The van der Waals surface area contributed by atoms with E-state index in [4.69, 9.17) is 4.74 Å². The molecule has 1 heterocycles. The third kappa shape index (κ3) is 2.61. The Bertz CT molecular complexity index is 938. The lowest BCUT2D eigenvalue weighted by atomic mass is 10.0. The van der Waals surface area contributed by atoms with Gasteiger partial charge in [0.15, 0.2) is 0 Å². The minimum atomic E-state index is -3.61. The van der Waals surface area contributed by atoms with Crippen LogP contribution in [-0.4, -0.2) is 20.5 Å². The Morgan fingerprint density at radius 2 is 1.65 bits per heavy atom. The molecule has 1 N–H and O–H groups in total. The van der Waals surface area contributed by atoms with E-state index in [1.807, 2.05) is 38.1 Å². The number of hydrogen-bond donors (Lipinski definition) is 1. The van der Waals surface area contributed by atoms with Gasteiger partial charge in [0.2, 0.25) is 9.84 Å². The fraction of sp³-hybridized carbons (Fsp3) is 0.222. The summed E-state index contributed by atoms with van der Waals surface area (Å²) in [5.41, 5.74) is 1.67. The van der Waals surface area contributed by atoms with Gasteiger partial charge in [-0.25, -0.2) is 8.42 Å². The molecule has 2 aromatic carbocycles. The van der Waals surface area contributed by atoms with Crippen LogP contribution in [0, 0.1) is 0 Å². The van der Waals surface area contributed by atoms with Crippen LogP contribution in [0.4, 0.5) is 0 Å². The lowest BCUT2D eigenvalue weighted by Gasteiger charge is -2.10. The third-order valence-corrected chi connectivity index (χ3v) is 5.68. The van der Waals surface area contributed by atoms with Gasteiger partial charge in [-0.2, -0.15) is 0 Å². The van der Waals surface area contributed by atoms with E-state index < -0.39 is 9.84 Å². The highest BCUT2D eigenvalue weighted by molar-refractivity contribution is 7.91. The van der Waals surface area contributed by atoms with Gasteiger partial charge in [0.05, 0.1) is 12.0 Å². The normalized spacial score (nSPS) is 12.0. The smallest absolute Gasteiger partial charge is 0.222 e. The summed E-state index contributed by atoms with van der Waals surface area (Å²) < 4.78 is 31.2. The predicted octanol–water partition coefficient (Wildman–Crippen LogP) is 4.13. The highest BCUT2D eigenvalue weighted by atomic mass is 32.2. The van der Waals surface area contributed by atoms with Gasteiger partial charge < -0.3 is 9.72 Å². The zero-order valence-corrected chi connectivity index (χ0v) is 14.1. The molecule has 120 valence electrons. The average molecular weight is 329 g/mol. The Morgan fingerprint density at radius 3 is 2.26 bits per heavy atom. The standard InChI is InChI=1S/C18H19NO3S/c1-12(2)17-15-6-4-5-7-16(15)19-18(17)23(20,21)14-10-8-13(22-3)9-11-14/h4-12,19H,1-3H3. The van der Waals surface area contributed by atoms with Crippen molar-refractivity contribution >= 4 is 20.7 Å². The number of rotatable bonds is 4. The first-order chi connectivity index (χ1) is 10.9. The number of hydrogen-bond acceptors (Lipinski definition) is 3. The van der Waals surface area contributed by atoms with Crippen LogP contribution in [0.25, 0.3) is 10.9 Å². The van der Waals surface area contributed by atoms with Crippen molar-refractivity contribution in [2.45, 2.75) is 29.7 Å². The molecule has 0 aliphatic heterocycles. The molecule has 1 aromatic heterocycles. The monoisotopic (exact) mass is 329 g/mol. The van der Waals surface area contributed by atoms with Gasteiger partial charge in [-0.05, 0) is 41.8 Å². The van der Waals surface area contributed by atoms with Gasteiger partial charge in [-0.1, -0.05) is 32.0 Å². The van der Waals surface area contributed by atoms with Crippen molar-refractivity contribution < 1.29 is 13.2 Å². The maximum atomic E-state index is 13.1. The quantitative estimate of drug-likeness (QED) is 0.783. The van der Waals surface area contributed by atoms with Crippen molar-refractivity contribution in [2.75, 3.05) is 7.11 Å². The van der Waals surface area contributed by atoms with Crippen LogP contribution in [0.3, 0.4) is 0 Å². The molecule has 0 aliphatic carbocycles. The SMILES string of the molecule is COc1ccc(S(=O)(=O)c2[nH]c3ccccc3c2C(C)C)cc1. The van der Waals surface area contributed by atoms with E-state index in [0.717, 1.165) is 16.5 Å². The molecular formula is C18H19NO3S. The molecule has 0 spiro atoms. The van der Waals surface area contributed by atoms with Gasteiger partial charge in [0.1, 0.15) is 10.8 Å². The van der Waals surface area contributed by atoms with E-state index in [-0.39, 0.29) is 15.8 Å². The van der Waals surface area contributed by atoms with Gasteiger partial charge in [-0.3, -0.25) is 0 Å². The predicted molar refractivity (Wildman–Crippen MR) is 90.8 cm³/mol. The number of aromatic amines is 1. The summed E-state index contributed by atoms with van der Waals surface area (Å²) in [6, 6.07) is 14.1. The van der Waals surface area contributed by atoms with Crippen molar-refractivity contribution in [1.82, 2.24) is 4.98 Å². The van der Waals surface area contributed by atoms with E-state index in [1.165, 1.54) is 0 Å². The van der Waals surface area contributed by atoms with E-state index in [9.17, 15) is 8.42 Å². The molecule has 4 nitrogen and oxygen atoms in total. The molecule has 0 unspecified atom stereocenters. The van der Waals surface area contributed by atoms with E-state index in [0.29, 0.717) is 5.75 Å². The Labute approximate surface area is 136 Å². The molecule has 0 bridgehead atoms. The first-order valence-electron chi connectivity index (χ1n) is 7.45. The van der Waals surface area contributed by atoms with Crippen molar-refractivity contribution in [3.63, 3.8) is 0 Å². The maximum absolute atomic E-state index is 13.1. The largest absolute Gasteiger partial charge is 0.497 e. The number of benzene rings is 2. The number of para-hydroxylation sites is 1. The summed E-state index contributed by atoms with van der Waals surface area (Å²) >= 11 is 0. The highest BCUT2D eigenvalue weighted by Crippen LogP contribution is 2.34. The van der Waals surface area contributed by atoms with Crippen LogP contribution < -0.4 is 4.74 Å². The van der Waals surface area contributed by atoms with Crippen LogP contribution in [-0.2, 0) is 9.84 Å².